The molecule has 8 nitrogen and oxygen atoms in total. The predicted molar refractivity (Wildman–Crippen MR) is 106 cm³/mol. The topological polar surface area (TPSA) is 135 Å². The number of benzene rings is 2. The second kappa shape index (κ2) is 6.06. The third-order valence-corrected chi connectivity index (χ3v) is 5.22. The van der Waals surface area contributed by atoms with E-state index in [2.05, 4.69) is 19.9 Å². The van der Waals surface area contributed by atoms with Gasteiger partial charge < -0.3 is 15.8 Å². The summed E-state index contributed by atoms with van der Waals surface area (Å²) < 4.78 is 23.2. The molecule has 0 saturated heterocycles. The standard InChI is InChI=1S/C18H15N5O3S.2H2/c1-27(25,26)11-7-5-10(6-8-11)13-9-20-17(19)16(21-13)18-22-12-3-2-4-14(24)15(12)23-18;;/h2-9,24H,1H3,(H2,19,20)(H,22,23);2*1H. The molecule has 0 amide bonds. The first-order chi connectivity index (χ1) is 12.8. The van der Waals surface area contributed by atoms with E-state index in [9.17, 15) is 13.5 Å². The van der Waals surface area contributed by atoms with Gasteiger partial charge in [-0.1, -0.05) is 18.2 Å². The molecule has 2 aromatic carbocycles. The summed E-state index contributed by atoms with van der Waals surface area (Å²) in [6.07, 6.45) is 2.66. The number of H-pyrrole nitrogens is 1. The van der Waals surface area contributed by atoms with E-state index >= 15 is 0 Å². The van der Waals surface area contributed by atoms with Crippen molar-refractivity contribution in [2.45, 2.75) is 4.90 Å². The average Bonchev–Trinajstić information content (AvgIpc) is 3.07. The fourth-order valence-electron chi connectivity index (χ4n) is 2.71. The summed E-state index contributed by atoms with van der Waals surface area (Å²) in [6.45, 7) is 0. The molecule has 0 radical (unpaired) electrons. The molecule has 0 bridgehead atoms. The van der Waals surface area contributed by atoms with Crippen molar-refractivity contribution >= 4 is 26.7 Å². The number of rotatable bonds is 3. The number of anilines is 1. The van der Waals surface area contributed by atoms with E-state index in [0.717, 1.165) is 6.26 Å². The Morgan fingerprint density at radius 3 is 2.52 bits per heavy atom. The lowest BCUT2D eigenvalue weighted by molar-refractivity contribution is 0.480. The van der Waals surface area contributed by atoms with Crippen molar-refractivity contribution in [1.29, 1.82) is 0 Å². The van der Waals surface area contributed by atoms with Gasteiger partial charge in [0, 0.05) is 14.7 Å². The van der Waals surface area contributed by atoms with Crippen LogP contribution in [-0.4, -0.2) is 39.7 Å². The maximum atomic E-state index is 11.6. The molecule has 2 aromatic heterocycles. The second-order valence-corrected chi connectivity index (χ2v) is 8.06. The fourth-order valence-corrected chi connectivity index (χ4v) is 3.34. The van der Waals surface area contributed by atoms with Crippen molar-refractivity contribution in [3.8, 4) is 28.5 Å². The molecule has 0 aliphatic carbocycles. The van der Waals surface area contributed by atoms with Crippen LogP contribution in [0.5, 0.6) is 5.75 Å². The van der Waals surface area contributed by atoms with Gasteiger partial charge in [0.2, 0.25) is 0 Å². The summed E-state index contributed by atoms with van der Waals surface area (Å²) >= 11 is 0. The highest BCUT2D eigenvalue weighted by atomic mass is 32.2. The van der Waals surface area contributed by atoms with Crippen molar-refractivity contribution < 1.29 is 16.4 Å². The zero-order valence-corrected chi connectivity index (χ0v) is 15.0. The number of phenols is 1. The Hall–Kier alpha value is -3.46. The van der Waals surface area contributed by atoms with Crippen molar-refractivity contribution in [2.24, 2.45) is 0 Å². The van der Waals surface area contributed by atoms with Gasteiger partial charge in [-0.15, -0.1) is 0 Å². The van der Waals surface area contributed by atoms with E-state index in [1.165, 1.54) is 18.3 Å². The van der Waals surface area contributed by atoms with Crippen molar-refractivity contribution in [1.82, 2.24) is 19.9 Å². The largest absolute Gasteiger partial charge is 0.506 e. The smallest absolute Gasteiger partial charge is 0.175 e. The van der Waals surface area contributed by atoms with Crippen molar-refractivity contribution in [3.63, 3.8) is 0 Å². The third kappa shape index (κ3) is 3.08. The summed E-state index contributed by atoms with van der Waals surface area (Å²) in [4.78, 5) is 16.3. The lowest BCUT2D eigenvalue weighted by Gasteiger charge is -2.06. The van der Waals surface area contributed by atoms with Gasteiger partial charge in [0.15, 0.2) is 21.5 Å². The molecular weight excluding hydrogens is 366 g/mol. The van der Waals surface area contributed by atoms with Gasteiger partial charge in [-0.3, -0.25) is 0 Å². The van der Waals surface area contributed by atoms with E-state index in [1.54, 1.807) is 30.3 Å². The summed E-state index contributed by atoms with van der Waals surface area (Å²) in [7, 11) is -3.27. The van der Waals surface area contributed by atoms with Gasteiger partial charge in [0.1, 0.15) is 17.0 Å². The van der Waals surface area contributed by atoms with Crippen LogP contribution in [0, 0.1) is 0 Å². The van der Waals surface area contributed by atoms with Crippen LogP contribution in [0.4, 0.5) is 5.82 Å². The Labute approximate surface area is 157 Å². The summed E-state index contributed by atoms with van der Waals surface area (Å²) in [6, 6.07) is 11.4. The molecule has 2 heterocycles. The van der Waals surface area contributed by atoms with E-state index in [4.69, 9.17) is 5.73 Å². The normalized spacial score (nSPS) is 11.7. The molecule has 0 saturated carbocycles. The Morgan fingerprint density at radius 1 is 1.11 bits per heavy atom. The maximum Gasteiger partial charge on any atom is 0.175 e. The molecular formula is C18H19N5O3S. The molecule has 4 N–H and O–H groups in total. The number of aromatic nitrogens is 4. The molecule has 27 heavy (non-hydrogen) atoms. The highest BCUT2D eigenvalue weighted by molar-refractivity contribution is 7.90. The number of nitrogen functional groups attached to an aromatic ring is 1. The maximum absolute atomic E-state index is 11.6. The molecule has 0 fully saturated rings. The molecule has 0 atom stereocenters. The minimum Gasteiger partial charge on any atom is -0.506 e. The van der Waals surface area contributed by atoms with Crippen molar-refractivity contribution in [2.75, 3.05) is 12.0 Å². The first-order valence-corrected chi connectivity index (χ1v) is 9.83. The molecule has 140 valence electrons. The van der Waals surface area contributed by atoms with Crippen LogP contribution in [0.15, 0.2) is 53.6 Å². The fraction of sp³-hybridized carbons (Fsp3) is 0.0556. The zero-order valence-electron chi connectivity index (χ0n) is 14.2. The SMILES string of the molecule is CS(=O)(=O)c1ccc(-c2cnc(N)c(-c3nc4c(O)cccc4[nH]3)n2)cc1.[HH].[HH]. The van der Waals surface area contributed by atoms with Gasteiger partial charge in [-0.25, -0.2) is 23.4 Å². The predicted octanol–water partition coefficient (Wildman–Crippen LogP) is 2.87. The average molecular weight is 385 g/mol. The molecule has 0 spiro atoms. The van der Waals surface area contributed by atoms with Crippen LogP contribution < -0.4 is 5.73 Å². The minimum absolute atomic E-state index is 0. The van der Waals surface area contributed by atoms with E-state index in [-0.39, 0.29) is 19.3 Å². The monoisotopic (exact) mass is 385 g/mol. The number of imidazole rings is 1. The van der Waals surface area contributed by atoms with Gasteiger partial charge in [-0.05, 0) is 24.3 Å². The summed E-state index contributed by atoms with van der Waals surface area (Å²) in [5.41, 5.74) is 8.58. The summed E-state index contributed by atoms with van der Waals surface area (Å²) in [5, 5.41) is 9.93. The highest BCUT2D eigenvalue weighted by Crippen LogP contribution is 2.29. The number of nitrogens with two attached hydrogens (primary N) is 1. The van der Waals surface area contributed by atoms with Gasteiger partial charge in [0.05, 0.1) is 22.3 Å². The lowest BCUT2D eigenvalue weighted by Crippen LogP contribution is -2.00. The van der Waals surface area contributed by atoms with Crippen LogP contribution in [0.2, 0.25) is 0 Å². The van der Waals surface area contributed by atoms with Gasteiger partial charge >= 0.3 is 0 Å². The van der Waals surface area contributed by atoms with Crippen LogP contribution in [0.25, 0.3) is 33.8 Å². The first kappa shape index (κ1) is 17.0. The number of nitrogens with zero attached hydrogens (tertiary/aromatic N) is 3. The second-order valence-electron chi connectivity index (χ2n) is 6.04. The van der Waals surface area contributed by atoms with Gasteiger partial charge in [-0.2, -0.15) is 0 Å². The number of hydrogen-bond acceptors (Lipinski definition) is 7. The number of aromatic amines is 1. The number of fused-ring (bicyclic) bond motifs is 1. The zero-order chi connectivity index (χ0) is 19.2. The number of nitrogens with one attached hydrogen (secondary N) is 1. The lowest BCUT2D eigenvalue weighted by atomic mass is 10.1. The van der Waals surface area contributed by atoms with E-state index in [1.807, 2.05) is 0 Å². The summed E-state index contributed by atoms with van der Waals surface area (Å²) in [5.74, 6) is 0.616. The Morgan fingerprint density at radius 2 is 1.85 bits per heavy atom. The Bertz CT molecular complexity index is 1270. The molecule has 4 rings (SSSR count). The Balaban J connectivity index is 0.00000150. The van der Waals surface area contributed by atoms with Crippen LogP contribution >= 0.6 is 0 Å². The molecule has 9 heteroatoms. The molecule has 4 aromatic rings. The van der Waals surface area contributed by atoms with Gasteiger partial charge in [0.25, 0.3) is 0 Å². The number of sulfone groups is 1. The Kier molecular flexibility index (Phi) is 3.81. The number of phenolic OH excluding ortho intramolecular Hbond substituents is 1. The van der Waals surface area contributed by atoms with E-state index in [0.29, 0.717) is 33.8 Å². The third-order valence-electron chi connectivity index (χ3n) is 4.09. The molecule has 0 aliphatic rings. The van der Waals surface area contributed by atoms with Crippen LogP contribution in [-0.2, 0) is 9.84 Å². The number of para-hydroxylation sites is 1. The number of hydrogen-bond donors (Lipinski definition) is 3. The quantitative estimate of drug-likeness (QED) is 0.493. The van der Waals surface area contributed by atoms with Crippen LogP contribution in [0.1, 0.15) is 2.85 Å². The molecule has 0 unspecified atom stereocenters. The minimum atomic E-state index is -3.27. The van der Waals surface area contributed by atoms with E-state index < -0.39 is 9.84 Å². The van der Waals surface area contributed by atoms with Crippen molar-refractivity contribution in [3.05, 3.63) is 48.7 Å². The van der Waals surface area contributed by atoms with Crippen LogP contribution in [0.3, 0.4) is 0 Å². The highest BCUT2D eigenvalue weighted by Gasteiger charge is 2.15. The molecule has 0 aliphatic heterocycles. The first-order valence-electron chi connectivity index (χ1n) is 7.94. The number of aromatic hydroxyl groups is 1.